The smallest absolute Gasteiger partial charge is 0.150 e. The van der Waals surface area contributed by atoms with Gasteiger partial charge >= 0.3 is 0 Å². The zero-order valence-corrected chi connectivity index (χ0v) is 11.3. The normalized spacial score (nSPS) is 13.4. The maximum atomic E-state index is 13.6. The van der Waals surface area contributed by atoms with Gasteiger partial charge < -0.3 is 16.3 Å². The number of hydrogen-bond acceptors (Lipinski definition) is 3. The second-order valence-electron chi connectivity index (χ2n) is 3.79. The lowest BCUT2D eigenvalue weighted by Crippen LogP contribution is -2.27. The molecule has 1 unspecified atom stereocenters. The molecular weight excluding hydrogens is 308 g/mol. The molecule has 0 spiro atoms. The molecule has 18 heavy (non-hydrogen) atoms. The van der Waals surface area contributed by atoms with Crippen LogP contribution in [0.1, 0.15) is 19.8 Å². The third-order valence-corrected chi connectivity index (χ3v) is 2.89. The fourth-order valence-electron chi connectivity index (χ4n) is 1.47. The molecule has 0 aliphatic heterocycles. The van der Waals surface area contributed by atoms with E-state index in [1.54, 1.807) is 0 Å². The molecule has 0 heterocycles. The Labute approximate surface area is 112 Å². The summed E-state index contributed by atoms with van der Waals surface area (Å²) < 4.78 is 27.5. The van der Waals surface area contributed by atoms with Gasteiger partial charge in [0.25, 0.3) is 0 Å². The van der Waals surface area contributed by atoms with Crippen molar-refractivity contribution >= 4 is 27.5 Å². The van der Waals surface area contributed by atoms with Crippen molar-refractivity contribution in [2.24, 2.45) is 10.9 Å². The highest BCUT2D eigenvalue weighted by molar-refractivity contribution is 9.10. The molecular formula is C11H14BrF2N3O. The molecule has 0 saturated heterocycles. The summed E-state index contributed by atoms with van der Waals surface area (Å²) in [7, 11) is 0. The molecule has 1 aromatic carbocycles. The Kier molecular flexibility index (Phi) is 5.33. The maximum Gasteiger partial charge on any atom is 0.150 e. The summed E-state index contributed by atoms with van der Waals surface area (Å²) in [6, 6.07) is 2.02. The zero-order chi connectivity index (χ0) is 13.7. The van der Waals surface area contributed by atoms with Crippen LogP contribution in [0.25, 0.3) is 0 Å². The fourth-order valence-corrected chi connectivity index (χ4v) is 1.88. The highest BCUT2D eigenvalue weighted by atomic mass is 79.9. The highest BCUT2D eigenvalue weighted by Gasteiger charge is 2.15. The van der Waals surface area contributed by atoms with E-state index in [0.717, 1.165) is 0 Å². The van der Waals surface area contributed by atoms with Gasteiger partial charge in [-0.15, -0.1) is 0 Å². The molecule has 0 bridgehead atoms. The molecule has 1 aromatic rings. The number of nitrogens with one attached hydrogen (secondary N) is 1. The molecule has 0 aromatic heterocycles. The van der Waals surface area contributed by atoms with E-state index in [9.17, 15) is 8.78 Å². The number of benzene rings is 1. The maximum absolute atomic E-state index is 13.6. The van der Waals surface area contributed by atoms with Crippen molar-refractivity contribution in [1.82, 2.24) is 0 Å². The quantitative estimate of drug-likeness (QED) is 0.338. The molecule has 4 N–H and O–H groups in total. The molecule has 0 aliphatic carbocycles. The Bertz CT molecular complexity index is 431. The number of hydrogen-bond donors (Lipinski definition) is 3. The first-order valence-electron chi connectivity index (χ1n) is 5.35. The van der Waals surface area contributed by atoms with E-state index in [1.807, 2.05) is 6.92 Å². The Morgan fingerprint density at radius 2 is 2.06 bits per heavy atom. The lowest BCUT2D eigenvalue weighted by atomic mass is 10.1. The summed E-state index contributed by atoms with van der Waals surface area (Å²) in [5.74, 6) is -1.38. The van der Waals surface area contributed by atoms with Crippen molar-refractivity contribution < 1.29 is 14.0 Å². The Morgan fingerprint density at radius 3 is 2.50 bits per heavy atom. The van der Waals surface area contributed by atoms with Crippen LogP contribution in [0.2, 0.25) is 0 Å². The second kappa shape index (κ2) is 6.53. The Balaban J connectivity index is 2.88. The van der Waals surface area contributed by atoms with Gasteiger partial charge in [0.1, 0.15) is 23.2 Å². The van der Waals surface area contributed by atoms with Crippen LogP contribution in [-0.4, -0.2) is 17.1 Å². The molecule has 1 rings (SSSR count). The molecule has 0 fully saturated rings. The first kappa shape index (κ1) is 14.7. The van der Waals surface area contributed by atoms with Crippen molar-refractivity contribution in [3.63, 3.8) is 0 Å². The van der Waals surface area contributed by atoms with Gasteiger partial charge in [-0.25, -0.2) is 8.78 Å². The minimum atomic E-state index is -0.695. The van der Waals surface area contributed by atoms with Crippen molar-refractivity contribution in [1.29, 1.82) is 0 Å². The number of anilines is 1. The van der Waals surface area contributed by atoms with Crippen molar-refractivity contribution in [2.45, 2.75) is 25.8 Å². The predicted molar refractivity (Wildman–Crippen MR) is 69.8 cm³/mol. The Morgan fingerprint density at radius 1 is 1.50 bits per heavy atom. The standard InChI is InChI=1S/C11H14BrF2N3O/c1-2-7(5-10(15)17-18)16-11-8(13)3-6(12)4-9(11)14/h3-4,7,16,18H,2,5H2,1H3,(H2,15,17). The molecule has 0 amide bonds. The van der Waals surface area contributed by atoms with E-state index in [1.165, 1.54) is 12.1 Å². The summed E-state index contributed by atoms with van der Waals surface area (Å²) in [6.07, 6.45) is 0.771. The molecule has 1 atom stereocenters. The molecule has 0 aliphatic rings. The van der Waals surface area contributed by atoms with E-state index >= 15 is 0 Å². The largest absolute Gasteiger partial charge is 0.409 e. The Hall–Kier alpha value is -1.37. The van der Waals surface area contributed by atoms with E-state index < -0.39 is 11.6 Å². The van der Waals surface area contributed by atoms with Gasteiger partial charge in [0, 0.05) is 16.9 Å². The summed E-state index contributed by atoms with van der Waals surface area (Å²) in [5.41, 5.74) is 5.16. The van der Waals surface area contributed by atoms with Crippen LogP contribution in [-0.2, 0) is 0 Å². The van der Waals surface area contributed by atoms with E-state index in [-0.39, 0.29) is 24.0 Å². The number of nitrogens with two attached hydrogens (primary N) is 1. The lowest BCUT2D eigenvalue weighted by molar-refractivity contribution is 0.316. The van der Waals surface area contributed by atoms with Gasteiger partial charge in [-0.1, -0.05) is 28.0 Å². The van der Waals surface area contributed by atoms with Crippen LogP contribution in [0, 0.1) is 11.6 Å². The monoisotopic (exact) mass is 321 g/mol. The summed E-state index contributed by atoms with van der Waals surface area (Å²) in [4.78, 5) is 0. The van der Waals surface area contributed by atoms with Crippen molar-refractivity contribution in [3.8, 4) is 0 Å². The average molecular weight is 322 g/mol. The van der Waals surface area contributed by atoms with Crippen LogP contribution >= 0.6 is 15.9 Å². The minimum Gasteiger partial charge on any atom is -0.409 e. The topological polar surface area (TPSA) is 70.6 Å². The second-order valence-corrected chi connectivity index (χ2v) is 4.71. The first-order valence-corrected chi connectivity index (χ1v) is 6.14. The third kappa shape index (κ3) is 3.83. The fraction of sp³-hybridized carbons (Fsp3) is 0.364. The van der Waals surface area contributed by atoms with E-state index in [0.29, 0.717) is 10.9 Å². The van der Waals surface area contributed by atoms with Gasteiger partial charge in [0.2, 0.25) is 0 Å². The van der Waals surface area contributed by atoms with Crippen molar-refractivity contribution in [3.05, 3.63) is 28.2 Å². The number of rotatable bonds is 5. The number of nitrogens with zero attached hydrogens (tertiary/aromatic N) is 1. The van der Waals surface area contributed by atoms with Crippen LogP contribution in [0.15, 0.2) is 21.8 Å². The first-order chi connectivity index (χ1) is 8.47. The molecule has 0 saturated carbocycles. The predicted octanol–water partition coefficient (Wildman–Crippen LogP) is 3.05. The third-order valence-electron chi connectivity index (χ3n) is 2.43. The van der Waals surface area contributed by atoms with Crippen LogP contribution in [0.3, 0.4) is 0 Å². The van der Waals surface area contributed by atoms with Gasteiger partial charge in [-0.3, -0.25) is 0 Å². The van der Waals surface area contributed by atoms with Gasteiger partial charge in [0.15, 0.2) is 0 Å². The molecule has 100 valence electrons. The van der Waals surface area contributed by atoms with Crippen LogP contribution < -0.4 is 11.1 Å². The number of amidine groups is 1. The van der Waals surface area contributed by atoms with Crippen LogP contribution in [0.5, 0.6) is 0 Å². The van der Waals surface area contributed by atoms with Gasteiger partial charge in [0.05, 0.1) is 0 Å². The molecule has 4 nitrogen and oxygen atoms in total. The van der Waals surface area contributed by atoms with Crippen LogP contribution in [0.4, 0.5) is 14.5 Å². The van der Waals surface area contributed by atoms with E-state index in [4.69, 9.17) is 10.9 Å². The van der Waals surface area contributed by atoms with Gasteiger partial charge in [-0.2, -0.15) is 0 Å². The minimum absolute atomic E-state index is 0.00674. The SMILES string of the molecule is CCC(CC(N)=NO)Nc1c(F)cc(Br)cc1F. The summed E-state index contributed by atoms with van der Waals surface area (Å²) >= 11 is 3.00. The lowest BCUT2D eigenvalue weighted by Gasteiger charge is -2.18. The zero-order valence-electron chi connectivity index (χ0n) is 9.75. The summed E-state index contributed by atoms with van der Waals surface area (Å²) in [6.45, 7) is 1.83. The highest BCUT2D eigenvalue weighted by Crippen LogP contribution is 2.25. The van der Waals surface area contributed by atoms with Gasteiger partial charge in [-0.05, 0) is 18.6 Å². The van der Waals surface area contributed by atoms with E-state index in [2.05, 4.69) is 26.4 Å². The molecule has 7 heteroatoms. The summed E-state index contributed by atoms with van der Waals surface area (Å²) in [5, 5.41) is 14.0. The number of halogens is 3. The molecule has 0 radical (unpaired) electrons. The number of oxime groups is 1. The average Bonchev–Trinajstić information content (AvgIpc) is 2.31. The van der Waals surface area contributed by atoms with Crippen molar-refractivity contribution in [2.75, 3.05) is 5.32 Å².